The highest BCUT2D eigenvalue weighted by atomic mass is 16.8. The minimum absolute atomic E-state index is 0.0130. The van der Waals surface area contributed by atoms with Crippen molar-refractivity contribution in [3.63, 3.8) is 0 Å². The second-order valence-corrected chi connectivity index (χ2v) is 20.6. The Morgan fingerprint density at radius 3 is 2.25 bits per heavy atom. The quantitative estimate of drug-likeness (QED) is 0.154. The molecule has 0 radical (unpaired) electrons. The molecule has 4 N–H and O–H groups in total. The Kier molecular flexibility index (Phi) is 15.0. The van der Waals surface area contributed by atoms with Crippen molar-refractivity contribution >= 4 is 11.8 Å². The molecular weight excluding hydrogens is 789 g/mol. The molecule has 6 heterocycles. The largest absolute Gasteiger partial charge is 0.481 e. The maximum atomic E-state index is 13.4. The Morgan fingerprint density at radius 1 is 0.902 bits per heavy atom. The maximum absolute atomic E-state index is 13.4. The third-order valence-electron chi connectivity index (χ3n) is 15.9. The van der Waals surface area contributed by atoms with E-state index >= 15 is 0 Å². The topological polar surface area (TPSA) is 189 Å². The van der Waals surface area contributed by atoms with Gasteiger partial charge >= 0.3 is 5.97 Å². The number of aliphatic carboxylic acids is 1. The van der Waals surface area contributed by atoms with E-state index in [9.17, 15) is 30.0 Å². The SMILES string of the molecule is CO[C@H]1CC[C@@H](O[C@H]2C[C@H]([C@]3(C)CC[C@]4(C[C@H](O)[C@@H](C)[C@@H]([C@@H](C)/C=C(\C)C(=O)[C@H](C)C[C@H](C)C(=O)O)O4)O3)O[C@]3(O[C@H]([C@@H]4O[C@](O)(CO)[C@@H](C)C[C@H]4C)C[C@H]3C)[C@@H]2C)O[C@@H]1C. The van der Waals surface area contributed by atoms with Crippen molar-refractivity contribution < 1.29 is 67.9 Å². The van der Waals surface area contributed by atoms with Crippen molar-refractivity contribution in [2.75, 3.05) is 13.7 Å². The Morgan fingerprint density at radius 2 is 1.61 bits per heavy atom. The number of allylic oxidation sites excluding steroid dienone is 1. The summed E-state index contributed by atoms with van der Waals surface area (Å²) in [6.45, 7) is 20.9. The van der Waals surface area contributed by atoms with Crippen LogP contribution in [-0.4, -0.2) is 124 Å². The first-order valence-corrected chi connectivity index (χ1v) is 23.2. The van der Waals surface area contributed by atoms with Gasteiger partial charge in [0.1, 0.15) is 0 Å². The van der Waals surface area contributed by atoms with Crippen LogP contribution in [0.3, 0.4) is 0 Å². The Bertz CT molecular complexity index is 1570. The molecule has 0 aromatic heterocycles. The third kappa shape index (κ3) is 9.71. The zero-order chi connectivity index (χ0) is 45.0. The Labute approximate surface area is 363 Å². The summed E-state index contributed by atoms with van der Waals surface area (Å²) in [7, 11) is 1.70. The van der Waals surface area contributed by atoms with E-state index in [1.54, 1.807) is 27.9 Å². The second kappa shape index (κ2) is 18.7. The first-order valence-electron chi connectivity index (χ1n) is 23.2. The molecule has 6 fully saturated rings. The minimum atomic E-state index is -1.66. The van der Waals surface area contributed by atoms with E-state index < -0.39 is 84.2 Å². The first kappa shape index (κ1) is 48.9. The molecule has 6 aliphatic heterocycles. The van der Waals surface area contributed by atoms with Crippen LogP contribution in [0.5, 0.6) is 0 Å². The van der Waals surface area contributed by atoms with E-state index in [4.69, 9.17) is 37.9 Å². The number of carbonyl (C=O) groups excluding carboxylic acids is 1. The molecule has 0 saturated carbocycles. The molecule has 6 aliphatic rings. The summed E-state index contributed by atoms with van der Waals surface area (Å²) in [6.07, 6.45) is 3.25. The molecule has 21 atom stereocenters. The van der Waals surface area contributed by atoms with Gasteiger partial charge in [-0.05, 0) is 64.4 Å². The molecule has 0 bridgehead atoms. The summed E-state index contributed by atoms with van der Waals surface area (Å²) in [5.41, 5.74) is -0.326. The summed E-state index contributed by atoms with van der Waals surface area (Å²) >= 11 is 0. The molecule has 2 spiro atoms. The van der Waals surface area contributed by atoms with Crippen LogP contribution in [0.25, 0.3) is 0 Å². The van der Waals surface area contributed by atoms with E-state index in [0.717, 1.165) is 6.42 Å². The number of ketones is 1. The lowest BCUT2D eigenvalue weighted by Gasteiger charge is -2.54. The molecule has 6 saturated heterocycles. The molecule has 0 unspecified atom stereocenters. The standard InChI is InChI=1S/C47H78O14/c1-24(40(50)25(2)18-28(5)43(51)52)17-26(3)41-31(8)34(49)22-45(59-41)16-15-44(11,61-45)38-21-36(56-39-14-13-35(54-12)33(10)55-39)32(9)47(58-38)30(7)20-37(57-47)42-27(4)19-29(6)46(53,23-48)60-42/h17,25-39,41-42,48-49,53H,13-16,18-23H2,1-12H3,(H,51,52)/b24-17+/t25-,26+,27-,28+,29+,30-,31-,32-,33-,34+,35+,36+,37+,38-,39-,41-,42-,44+,45-,46-,47+/m1/s1. The van der Waals surface area contributed by atoms with E-state index in [1.807, 2.05) is 33.8 Å². The van der Waals surface area contributed by atoms with Gasteiger partial charge in [-0.25, -0.2) is 0 Å². The van der Waals surface area contributed by atoms with Crippen LogP contribution in [-0.2, 0) is 47.5 Å². The summed E-state index contributed by atoms with van der Waals surface area (Å²) in [5.74, 6) is -7.01. The van der Waals surface area contributed by atoms with Crippen LogP contribution in [0.15, 0.2) is 11.6 Å². The van der Waals surface area contributed by atoms with Gasteiger partial charge in [-0.2, -0.15) is 0 Å². The van der Waals surface area contributed by atoms with E-state index in [1.165, 1.54) is 0 Å². The zero-order valence-electron chi connectivity index (χ0n) is 38.8. The van der Waals surface area contributed by atoms with Crippen LogP contribution >= 0.6 is 0 Å². The molecule has 61 heavy (non-hydrogen) atoms. The van der Waals surface area contributed by atoms with Crippen LogP contribution in [0.4, 0.5) is 0 Å². The molecule has 350 valence electrons. The van der Waals surface area contributed by atoms with E-state index in [-0.39, 0.29) is 72.4 Å². The molecular formula is C47H78O14. The highest BCUT2D eigenvalue weighted by molar-refractivity contribution is 5.96. The molecule has 6 rings (SSSR count). The predicted molar refractivity (Wildman–Crippen MR) is 224 cm³/mol. The monoisotopic (exact) mass is 867 g/mol. The highest BCUT2D eigenvalue weighted by Gasteiger charge is 2.65. The molecule has 0 aromatic carbocycles. The van der Waals surface area contributed by atoms with Crippen LogP contribution in [0.1, 0.15) is 134 Å². The number of carboxylic acids is 1. The van der Waals surface area contributed by atoms with Gasteiger partial charge in [0, 0.05) is 68.3 Å². The Balaban J connectivity index is 1.24. The van der Waals surface area contributed by atoms with Crippen molar-refractivity contribution in [2.45, 2.75) is 212 Å². The van der Waals surface area contributed by atoms with Crippen molar-refractivity contribution in [3.05, 3.63) is 11.6 Å². The van der Waals surface area contributed by atoms with Gasteiger partial charge in [-0.15, -0.1) is 0 Å². The smallest absolute Gasteiger partial charge is 0.306 e. The van der Waals surface area contributed by atoms with Gasteiger partial charge < -0.3 is 58.3 Å². The van der Waals surface area contributed by atoms with E-state index in [0.29, 0.717) is 44.1 Å². The fourth-order valence-corrected chi connectivity index (χ4v) is 11.8. The highest BCUT2D eigenvalue weighted by Crippen LogP contribution is 2.56. The Hall–Kier alpha value is -1.56. The lowest BCUT2D eigenvalue weighted by atomic mass is 9.76. The molecule has 0 aromatic rings. The van der Waals surface area contributed by atoms with Gasteiger partial charge in [-0.3, -0.25) is 9.59 Å². The van der Waals surface area contributed by atoms with Crippen LogP contribution in [0, 0.1) is 47.3 Å². The lowest BCUT2D eigenvalue weighted by molar-refractivity contribution is -0.390. The van der Waals surface area contributed by atoms with Gasteiger partial charge in [0.2, 0.25) is 0 Å². The van der Waals surface area contributed by atoms with Crippen molar-refractivity contribution in [1.29, 1.82) is 0 Å². The number of Topliss-reactive ketones (excluding diaryl/α,β-unsaturated/α-hetero) is 1. The maximum Gasteiger partial charge on any atom is 0.306 e. The average molecular weight is 867 g/mol. The third-order valence-corrected chi connectivity index (χ3v) is 15.9. The van der Waals surface area contributed by atoms with Crippen LogP contribution in [0.2, 0.25) is 0 Å². The number of rotatable bonds is 13. The van der Waals surface area contributed by atoms with Crippen molar-refractivity contribution in [2.24, 2.45) is 47.3 Å². The van der Waals surface area contributed by atoms with Gasteiger partial charge in [0.25, 0.3) is 0 Å². The fraction of sp³-hybridized carbons (Fsp3) is 0.915. The first-order chi connectivity index (χ1) is 28.5. The van der Waals surface area contributed by atoms with Crippen LogP contribution < -0.4 is 0 Å². The summed E-state index contributed by atoms with van der Waals surface area (Å²) in [4.78, 5) is 24.8. The lowest BCUT2D eigenvalue weighted by Crippen LogP contribution is -2.63. The normalized spacial score (nSPS) is 48.6. The number of hydrogen-bond donors (Lipinski definition) is 4. The average Bonchev–Trinajstić information content (AvgIpc) is 3.71. The minimum Gasteiger partial charge on any atom is -0.481 e. The fourth-order valence-electron chi connectivity index (χ4n) is 11.8. The number of methoxy groups -OCH3 is 1. The second-order valence-electron chi connectivity index (χ2n) is 20.6. The number of carbonyl (C=O) groups is 2. The van der Waals surface area contributed by atoms with E-state index in [2.05, 4.69) is 27.7 Å². The summed E-state index contributed by atoms with van der Waals surface area (Å²) in [5, 5.41) is 42.5. The summed E-state index contributed by atoms with van der Waals surface area (Å²) in [6, 6.07) is 0. The van der Waals surface area contributed by atoms with Gasteiger partial charge in [0.15, 0.2) is 29.4 Å². The zero-order valence-corrected chi connectivity index (χ0v) is 38.8. The number of carboxylic acid groups (broad SMARTS) is 1. The van der Waals surface area contributed by atoms with Crippen molar-refractivity contribution in [3.8, 4) is 0 Å². The number of hydrogen-bond acceptors (Lipinski definition) is 13. The molecule has 14 nitrogen and oxygen atoms in total. The van der Waals surface area contributed by atoms with Gasteiger partial charge in [0.05, 0.1) is 67.0 Å². The van der Waals surface area contributed by atoms with Gasteiger partial charge in [-0.1, -0.05) is 61.5 Å². The number of aliphatic hydroxyl groups is 3. The molecule has 14 heteroatoms. The molecule has 0 aliphatic carbocycles. The summed E-state index contributed by atoms with van der Waals surface area (Å²) < 4.78 is 53.9. The predicted octanol–water partition coefficient (Wildman–Crippen LogP) is 6.15. The van der Waals surface area contributed by atoms with Crippen molar-refractivity contribution in [1.82, 2.24) is 0 Å². The number of aliphatic hydroxyl groups excluding tert-OH is 2. The number of ether oxygens (including phenoxy) is 8. The molecule has 0 amide bonds.